The minimum absolute atomic E-state index is 0.269. The molecule has 0 aliphatic heterocycles. The van der Waals surface area contributed by atoms with Gasteiger partial charge in [0, 0.05) is 6.07 Å². The van der Waals surface area contributed by atoms with Crippen LogP contribution in [0.25, 0.3) is 0 Å². The highest BCUT2D eigenvalue weighted by Gasteiger charge is 2.02. The van der Waals surface area contributed by atoms with Gasteiger partial charge in [-0.3, -0.25) is 0 Å². The van der Waals surface area contributed by atoms with Crippen LogP contribution in [0.15, 0.2) is 18.2 Å². The van der Waals surface area contributed by atoms with Gasteiger partial charge in [-0.15, -0.1) is 0 Å². The molecule has 66 valence electrons. The van der Waals surface area contributed by atoms with E-state index in [1.165, 1.54) is 19.2 Å². The van der Waals surface area contributed by atoms with E-state index < -0.39 is 0 Å². The van der Waals surface area contributed by atoms with Crippen LogP contribution < -0.4 is 4.74 Å². The Kier molecular flexibility index (Phi) is 3.41. The topological polar surface area (TPSA) is 9.23 Å². The van der Waals surface area contributed by atoms with Crippen LogP contribution in [-0.2, 0) is 6.42 Å². The van der Waals surface area contributed by atoms with Gasteiger partial charge in [0.2, 0.25) is 0 Å². The summed E-state index contributed by atoms with van der Waals surface area (Å²) in [5.74, 6) is 1.07. The minimum atomic E-state index is -0.269. The van der Waals surface area contributed by atoms with Gasteiger partial charge >= 0.3 is 0 Å². The number of thiol groups is 1. The highest BCUT2D eigenvalue weighted by atomic mass is 32.1. The molecule has 1 aromatic carbocycles. The SMILES string of the molecule is COc1cc(F)ccc1CCS. The van der Waals surface area contributed by atoms with Gasteiger partial charge in [-0.05, 0) is 23.8 Å². The third kappa shape index (κ3) is 2.14. The summed E-state index contributed by atoms with van der Waals surface area (Å²) in [6.45, 7) is 0. The van der Waals surface area contributed by atoms with E-state index >= 15 is 0 Å². The van der Waals surface area contributed by atoms with E-state index in [-0.39, 0.29) is 5.82 Å². The first kappa shape index (κ1) is 9.39. The van der Waals surface area contributed by atoms with Crippen molar-refractivity contribution in [1.82, 2.24) is 0 Å². The molecule has 12 heavy (non-hydrogen) atoms. The largest absolute Gasteiger partial charge is 0.496 e. The summed E-state index contributed by atoms with van der Waals surface area (Å²) in [4.78, 5) is 0. The third-order valence-corrected chi connectivity index (χ3v) is 1.85. The average molecular weight is 186 g/mol. The molecular weight excluding hydrogens is 175 g/mol. The fraction of sp³-hybridized carbons (Fsp3) is 0.333. The summed E-state index contributed by atoms with van der Waals surface area (Å²) in [6.07, 6.45) is 0.798. The molecule has 1 nitrogen and oxygen atoms in total. The van der Waals surface area contributed by atoms with Crippen LogP contribution in [0.4, 0.5) is 4.39 Å². The van der Waals surface area contributed by atoms with Crippen molar-refractivity contribution in [2.45, 2.75) is 6.42 Å². The smallest absolute Gasteiger partial charge is 0.126 e. The quantitative estimate of drug-likeness (QED) is 0.713. The molecule has 0 spiro atoms. The molecule has 1 aromatic rings. The Morgan fingerprint density at radius 2 is 2.25 bits per heavy atom. The van der Waals surface area contributed by atoms with Crippen molar-refractivity contribution in [3.8, 4) is 5.75 Å². The second-order valence-electron chi connectivity index (χ2n) is 2.43. The van der Waals surface area contributed by atoms with Gasteiger partial charge in [-0.1, -0.05) is 6.07 Å². The van der Waals surface area contributed by atoms with E-state index in [0.717, 1.165) is 17.7 Å². The van der Waals surface area contributed by atoms with Gasteiger partial charge in [-0.2, -0.15) is 12.6 Å². The third-order valence-electron chi connectivity index (χ3n) is 1.63. The highest BCUT2D eigenvalue weighted by molar-refractivity contribution is 7.80. The molecule has 0 saturated carbocycles. The Morgan fingerprint density at radius 3 is 2.83 bits per heavy atom. The zero-order valence-corrected chi connectivity index (χ0v) is 7.77. The summed E-state index contributed by atoms with van der Waals surface area (Å²) in [6, 6.07) is 4.55. The van der Waals surface area contributed by atoms with Crippen molar-refractivity contribution in [3.05, 3.63) is 29.6 Å². The number of methoxy groups -OCH3 is 1. The summed E-state index contributed by atoms with van der Waals surface area (Å²) in [7, 11) is 1.54. The van der Waals surface area contributed by atoms with Crippen molar-refractivity contribution in [2.75, 3.05) is 12.9 Å². The van der Waals surface area contributed by atoms with E-state index in [9.17, 15) is 4.39 Å². The lowest BCUT2D eigenvalue weighted by atomic mass is 10.1. The number of hydrogen-bond donors (Lipinski definition) is 1. The molecule has 0 aromatic heterocycles. The predicted octanol–water partition coefficient (Wildman–Crippen LogP) is 2.31. The maximum atomic E-state index is 12.7. The Morgan fingerprint density at radius 1 is 1.50 bits per heavy atom. The number of aryl methyl sites for hydroxylation is 1. The molecule has 0 bridgehead atoms. The molecule has 1 rings (SSSR count). The van der Waals surface area contributed by atoms with Crippen molar-refractivity contribution in [2.24, 2.45) is 0 Å². The molecule has 0 fully saturated rings. The van der Waals surface area contributed by atoms with Gasteiger partial charge in [0.25, 0.3) is 0 Å². The second-order valence-corrected chi connectivity index (χ2v) is 2.88. The second kappa shape index (κ2) is 4.36. The minimum Gasteiger partial charge on any atom is -0.496 e. The molecular formula is C9H11FOS. The first-order chi connectivity index (χ1) is 5.77. The van der Waals surface area contributed by atoms with Gasteiger partial charge in [0.05, 0.1) is 7.11 Å². The van der Waals surface area contributed by atoms with Crippen molar-refractivity contribution >= 4 is 12.6 Å². The number of halogens is 1. The lowest BCUT2D eigenvalue weighted by Crippen LogP contribution is -1.93. The van der Waals surface area contributed by atoms with Crippen molar-refractivity contribution in [1.29, 1.82) is 0 Å². The van der Waals surface area contributed by atoms with E-state index in [4.69, 9.17) is 4.74 Å². The number of ether oxygens (including phenoxy) is 1. The lowest BCUT2D eigenvalue weighted by Gasteiger charge is -2.06. The van der Waals surface area contributed by atoms with Crippen LogP contribution in [0, 0.1) is 5.82 Å². The van der Waals surface area contributed by atoms with E-state index in [1.54, 1.807) is 6.07 Å². The molecule has 0 amide bonds. The zero-order chi connectivity index (χ0) is 8.97. The average Bonchev–Trinajstić information content (AvgIpc) is 2.08. The first-order valence-electron chi connectivity index (χ1n) is 3.71. The summed E-state index contributed by atoms with van der Waals surface area (Å²) in [5.41, 5.74) is 0.994. The van der Waals surface area contributed by atoms with Gasteiger partial charge in [0.1, 0.15) is 11.6 Å². The van der Waals surface area contributed by atoms with Gasteiger partial charge in [-0.25, -0.2) is 4.39 Å². The van der Waals surface area contributed by atoms with Crippen LogP contribution in [0.3, 0.4) is 0 Å². The Balaban J connectivity index is 2.94. The van der Waals surface area contributed by atoms with Gasteiger partial charge < -0.3 is 4.74 Å². The number of rotatable bonds is 3. The first-order valence-corrected chi connectivity index (χ1v) is 4.34. The maximum Gasteiger partial charge on any atom is 0.126 e. The molecule has 3 heteroatoms. The molecule has 0 unspecified atom stereocenters. The standard InChI is InChI=1S/C9H11FOS/c1-11-9-6-8(10)3-2-7(9)4-5-12/h2-3,6,12H,4-5H2,1H3. The van der Waals surface area contributed by atoms with Crippen molar-refractivity contribution in [3.63, 3.8) is 0 Å². The Bertz CT molecular complexity index is 263. The summed E-state index contributed by atoms with van der Waals surface area (Å²) >= 11 is 4.09. The van der Waals surface area contributed by atoms with Crippen LogP contribution in [0.5, 0.6) is 5.75 Å². The molecule has 0 N–H and O–H groups in total. The molecule has 0 radical (unpaired) electrons. The van der Waals surface area contributed by atoms with E-state index in [0.29, 0.717) is 5.75 Å². The predicted molar refractivity (Wildman–Crippen MR) is 50.5 cm³/mol. The lowest BCUT2D eigenvalue weighted by molar-refractivity contribution is 0.406. The van der Waals surface area contributed by atoms with Crippen molar-refractivity contribution < 1.29 is 9.13 Å². The van der Waals surface area contributed by atoms with E-state index in [1.807, 2.05) is 0 Å². The maximum absolute atomic E-state index is 12.7. The fourth-order valence-electron chi connectivity index (χ4n) is 1.05. The fourth-order valence-corrected chi connectivity index (χ4v) is 1.29. The van der Waals surface area contributed by atoms with Crippen LogP contribution in [0.1, 0.15) is 5.56 Å². The molecule has 0 atom stereocenters. The summed E-state index contributed by atoms with van der Waals surface area (Å²) < 4.78 is 17.7. The van der Waals surface area contributed by atoms with E-state index in [2.05, 4.69) is 12.6 Å². The Hall–Kier alpha value is -0.700. The molecule has 0 heterocycles. The number of hydrogen-bond acceptors (Lipinski definition) is 2. The highest BCUT2D eigenvalue weighted by Crippen LogP contribution is 2.19. The monoisotopic (exact) mass is 186 g/mol. The summed E-state index contributed by atoms with van der Waals surface area (Å²) in [5, 5.41) is 0. The molecule has 0 aliphatic carbocycles. The normalized spacial score (nSPS) is 9.92. The Labute approximate surface area is 77.0 Å². The van der Waals surface area contributed by atoms with Crippen LogP contribution in [-0.4, -0.2) is 12.9 Å². The van der Waals surface area contributed by atoms with Crippen LogP contribution >= 0.6 is 12.6 Å². The van der Waals surface area contributed by atoms with Crippen LogP contribution in [0.2, 0.25) is 0 Å². The zero-order valence-electron chi connectivity index (χ0n) is 6.88. The number of benzene rings is 1. The molecule has 0 saturated heterocycles. The van der Waals surface area contributed by atoms with Gasteiger partial charge in [0.15, 0.2) is 0 Å². The molecule has 0 aliphatic rings.